The maximum absolute atomic E-state index is 5.75. The SMILES string of the molecule is Clc1nnc(Cl)c(NCc2ccco2)n1. The van der Waals surface area contributed by atoms with E-state index < -0.39 is 0 Å². The third kappa shape index (κ3) is 2.57. The van der Waals surface area contributed by atoms with Crippen LogP contribution in [0.3, 0.4) is 0 Å². The summed E-state index contributed by atoms with van der Waals surface area (Å²) in [6.07, 6.45) is 1.59. The summed E-state index contributed by atoms with van der Waals surface area (Å²) in [6, 6.07) is 3.63. The molecule has 0 radical (unpaired) electrons. The number of aromatic nitrogens is 3. The molecular formula is C8H6Cl2N4O. The molecule has 0 amide bonds. The molecule has 0 aliphatic carbocycles. The molecule has 0 saturated carbocycles. The predicted octanol–water partition coefficient (Wildman–Crippen LogP) is 2.38. The Morgan fingerprint density at radius 3 is 2.93 bits per heavy atom. The molecule has 15 heavy (non-hydrogen) atoms. The van der Waals surface area contributed by atoms with E-state index in [0.29, 0.717) is 12.4 Å². The summed E-state index contributed by atoms with van der Waals surface area (Å²) >= 11 is 11.3. The average Bonchev–Trinajstić information content (AvgIpc) is 2.72. The van der Waals surface area contributed by atoms with E-state index in [9.17, 15) is 0 Å². The molecule has 2 heterocycles. The number of furan rings is 1. The zero-order chi connectivity index (χ0) is 10.7. The van der Waals surface area contributed by atoms with Crippen LogP contribution in [0.5, 0.6) is 0 Å². The molecule has 0 fully saturated rings. The van der Waals surface area contributed by atoms with E-state index in [-0.39, 0.29) is 10.4 Å². The van der Waals surface area contributed by atoms with Crippen molar-refractivity contribution in [2.75, 3.05) is 5.32 Å². The minimum Gasteiger partial charge on any atom is -0.467 e. The number of nitrogens with zero attached hydrogens (tertiary/aromatic N) is 3. The Morgan fingerprint density at radius 2 is 2.20 bits per heavy atom. The summed E-state index contributed by atoms with van der Waals surface area (Å²) in [5.41, 5.74) is 0. The molecule has 2 aromatic rings. The van der Waals surface area contributed by atoms with Crippen molar-refractivity contribution in [3.8, 4) is 0 Å². The minimum atomic E-state index is 0.0429. The van der Waals surface area contributed by atoms with Crippen LogP contribution in [0.2, 0.25) is 10.4 Å². The van der Waals surface area contributed by atoms with Crippen LogP contribution < -0.4 is 5.32 Å². The van der Waals surface area contributed by atoms with Gasteiger partial charge in [-0.15, -0.1) is 10.2 Å². The summed E-state index contributed by atoms with van der Waals surface area (Å²) in [7, 11) is 0. The molecule has 0 unspecified atom stereocenters. The van der Waals surface area contributed by atoms with Gasteiger partial charge >= 0.3 is 0 Å². The van der Waals surface area contributed by atoms with Crippen molar-refractivity contribution >= 4 is 29.0 Å². The maximum Gasteiger partial charge on any atom is 0.245 e. The topological polar surface area (TPSA) is 63.8 Å². The summed E-state index contributed by atoms with van der Waals surface area (Å²) in [5.74, 6) is 1.15. The van der Waals surface area contributed by atoms with Gasteiger partial charge in [0.1, 0.15) is 5.76 Å². The zero-order valence-corrected chi connectivity index (χ0v) is 8.96. The van der Waals surface area contributed by atoms with Gasteiger partial charge in [-0.1, -0.05) is 11.6 Å². The third-order valence-electron chi connectivity index (χ3n) is 1.63. The van der Waals surface area contributed by atoms with E-state index in [0.717, 1.165) is 5.76 Å². The molecular weight excluding hydrogens is 239 g/mol. The van der Waals surface area contributed by atoms with Crippen LogP contribution in [-0.2, 0) is 6.54 Å². The lowest BCUT2D eigenvalue weighted by Crippen LogP contribution is -2.03. The number of rotatable bonds is 3. The van der Waals surface area contributed by atoms with Gasteiger partial charge in [0, 0.05) is 0 Å². The molecule has 0 saturated heterocycles. The Morgan fingerprint density at radius 1 is 1.33 bits per heavy atom. The van der Waals surface area contributed by atoms with Crippen LogP contribution in [0.1, 0.15) is 5.76 Å². The molecule has 2 rings (SSSR count). The summed E-state index contributed by atoms with van der Waals surface area (Å²) in [5, 5.41) is 10.2. The lowest BCUT2D eigenvalue weighted by molar-refractivity contribution is 0.517. The predicted molar refractivity (Wildman–Crippen MR) is 55.9 cm³/mol. The Hall–Kier alpha value is -1.33. The van der Waals surface area contributed by atoms with Gasteiger partial charge < -0.3 is 9.73 Å². The van der Waals surface area contributed by atoms with E-state index in [1.165, 1.54) is 0 Å². The maximum atomic E-state index is 5.75. The minimum absolute atomic E-state index is 0.0429. The number of hydrogen-bond donors (Lipinski definition) is 1. The molecule has 0 aliphatic rings. The van der Waals surface area contributed by atoms with Crippen LogP contribution in [0.15, 0.2) is 22.8 Å². The second-order valence-corrected chi connectivity index (χ2v) is 3.35. The van der Waals surface area contributed by atoms with Crippen molar-refractivity contribution in [3.63, 3.8) is 0 Å². The van der Waals surface area contributed by atoms with E-state index in [2.05, 4.69) is 20.5 Å². The number of anilines is 1. The van der Waals surface area contributed by atoms with Gasteiger partial charge in [0.05, 0.1) is 12.8 Å². The van der Waals surface area contributed by atoms with Gasteiger partial charge in [0.25, 0.3) is 0 Å². The van der Waals surface area contributed by atoms with Crippen LogP contribution in [-0.4, -0.2) is 15.2 Å². The fourth-order valence-electron chi connectivity index (χ4n) is 0.990. The fraction of sp³-hybridized carbons (Fsp3) is 0.125. The highest BCUT2D eigenvalue weighted by Crippen LogP contribution is 2.17. The van der Waals surface area contributed by atoms with Crippen LogP contribution in [0.25, 0.3) is 0 Å². The highest BCUT2D eigenvalue weighted by molar-refractivity contribution is 6.32. The fourth-order valence-corrected chi connectivity index (χ4v) is 1.26. The molecule has 2 aromatic heterocycles. The molecule has 78 valence electrons. The summed E-state index contributed by atoms with van der Waals surface area (Å²) in [4.78, 5) is 3.88. The molecule has 0 atom stereocenters. The zero-order valence-electron chi connectivity index (χ0n) is 7.44. The van der Waals surface area contributed by atoms with Crippen molar-refractivity contribution in [1.29, 1.82) is 0 Å². The molecule has 7 heteroatoms. The molecule has 1 N–H and O–H groups in total. The first-order valence-electron chi connectivity index (χ1n) is 4.07. The highest BCUT2D eigenvalue weighted by Gasteiger charge is 2.05. The first kappa shape index (κ1) is 10.2. The summed E-state index contributed by atoms with van der Waals surface area (Å²) in [6.45, 7) is 0.460. The van der Waals surface area contributed by atoms with E-state index in [1.54, 1.807) is 12.3 Å². The van der Waals surface area contributed by atoms with E-state index in [4.69, 9.17) is 27.6 Å². The first-order chi connectivity index (χ1) is 7.25. The van der Waals surface area contributed by atoms with Crippen molar-refractivity contribution in [2.45, 2.75) is 6.54 Å². The van der Waals surface area contributed by atoms with Crippen molar-refractivity contribution in [2.24, 2.45) is 0 Å². The normalized spacial score (nSPS) is 10.3. The smallest absolute Gasteiger partial charge is 0.245 e. The summed E-state index contributed by atoms with van der Waals surface area (Å²) < 4.78 is 5.12. The molecule has 0 aromatic carbocycles. The second-order valence-electron chi connectivity index (χ2n) is 2.65. The first-order valence-corrected chi connectivity index (χ1v) is 4.83. The Bertz CT molecular complexity index is 446. The van der Waals surface area contributed by atoms with Gasteiger partial charge in [-0.3, -0.25) is 0 Å². The molecule has 0 bridgehead atoms. The van der Waals surface area contributed by atoms with Crippen LogP contribution >= 0.6 is 23.2 Å². The lowest BCUT2D eigenvalue weighted by Gasteiger charge is -2.03. The van der Waals surface area contributed by atoms with Crippen molar-refractivity contribution in [1.82, 2.24) is 15.2 Å². The molecule has 0 spiro atoms. The van der Waals surface area contributed by atoms with Gasteiger partial charge in [0.2, 0.25) is 5.28 Å². The average molecular weight is 245 g/mol. The van der Waals surface area contributed by atoms with Gasteiger partial charge in [-0.2, -0.15) is 4.98 Å². The third-order valence-corrected chi connectivity index (χ3v) is 2.04. The molecule has 5 nitrogen and oxygen atoms in total. The Balaban J connectivity index is 2.07. The second kappa shape index (κ2) is 4.46. The van der Waals surface area contributed by atoms with Gasteiger partial charge in [-0.25, -0.2) is 0 Å². The van der Waals surface area contributed by atoms with Crippen LogP contribution in [0, 0.1) is 0 Å². The standard InChI is InChI=1S/C8H6Cl2N4O/c9-6-7(12-8(10)14-13-6)11-4-5-2-1-3-15-5/h1-3H,4H2,(H,11,12,14). The lowest BCUT2D eigenvalue weighted by atomic mass is 10.4. The number of nitrogens with one attached hydrogen (secondary N) is 1. The quantitative estimate of drug-likeness (QED) is 0.899. The Labute approximate surface area is 95.4 Å². The van der Waals surface area contributed by atoms with Crippen molar-refractivity contribution in [3.05, 3.63) is 34.6 Å². The van der Waals surface area contributed by atoms with Gasteiger partial charge in [-0.05, 0) is 23.7 Å². The number of hydrogen-bond acceptors (Lipinski definition) is 5. The van der Waals surface area contributed by atoms with Crippen molar-refractivity contribution < 1.29 is 4.42 Å². The van der Waals surface area contributed by atoms with Crippen LogP contribution in [0.4, 0.5) is 5.82 Å². The van der Waals surface area contributed by atoms with E-state index in [1.807, 2.05) is 6.07 Å². The largest absolute Gasteiger partial charge is 0.467 e. The monoisotopic (exact) mass is 244 g/mol. The number of halogens is 2. The molecule has 0 aliphatic heterocycles. The van der Waals surface area contributed by atoms with E-state index >= 15 is 0 Å². The highest BCUT2D eigenvalue weighted by atomic mass is 35.5. The van der Waals surface area contributed by atoms with Gasteiger partial charge in [0.15, 0.2) is 11.0 Å². The Kier molecular flexibility index (Phi) is 3.03.